The second-order valence-electron chi connectivity index (χ2n) is 7.55. The van der Waals surface area contributed by atoms with Crippen LogP contribution in [0, 0.1) is 0 Å². The van der Waals surface area contributed by atoms with Gasteiger partial charge in [-0.05, 0) is 36.4 Å². The van der Waals surface area contributed by atoms with Crippen LogP contribution in [-0.2, 0) is 0 Å². The van der Waals surface area contributed by atoms with Gasteiger partial charge in [-0.3, -0.25) is 4.90 Å². The standard InChI is InChI=1S/C20H20Cl2F3N5O2/c21-17-9-13(10-18(22)27-17)26-19(31)30-11-15(12-30)29-7-5-28(6-8-29)14-1-3-16(4-2-14)32-20(23,24)25/h1-4,9-10,15H,5-8,11-12H2,(H,26,27,31). The summed E-state index contributed by atoms with van der Waals surface area (Å²) in [6.45, 7) is 4.32. The zero-order valence-electron chi connectivity index (χ0n) is 16.8. The van der Waals surface area contributed by atoms with Gasteiger partial charge in [0.15, 0.2) is 0 Å². The number of nitrogens with one attached hydrogen (secondary N) is 1. The smallest absolute Gasteiger partial charge is 0.406 e. The van der Waals surface area contributed by atoms with Crippen molar-refractivity contribution in [2.75, 3.05) is 49.5 Å². The molecule has 3 heterocycles. The number of halogens is 5. The van der Waals surface area contributed by atoms with Gasteiger partial charge < -0.3 is 19.9 Å². The zero-order chi connectivity index (χ0) is 22.9. The van der Waals surface area contributed by atoms with Crippen molar-refractivity contribution in [2.45, 2.75) is 12.4 Å². The SMILES string of the molecule is O=C(Nc1cc(Cl)nc(Cl)c1)N1CC(N2CCN(c3ccc(OC(F)(F)F)cc3)CC2)C1. The first-order valence-electron chi connectivity index (χ1n) is 9.90. The van der Waals surface area contributed by atoms with Gasteiger partial charge in [-0.25, -0.2) is 9.78 Å². The second kappa shape index (κ2) is 9.21. The van der Waals surface area contributed by atoms with E-state index in [-0.39, 0.29) is 28.1 Å². The number of piperazine rings is 1. The maximum absolute atomic E-state index is 12.4. The topological polar surface area (TPSA) is 60.9 Å². The summed E-state index contributed by atoms with van der Waals surface area (Å²) >= 11 is 11.7. The Morgan fingerprint density at radius 2 is 1.62 bits per heavy atom. The molecule has 172 valence electrons. The largest absolute Gasteiger partial charge is 0.573 e. The molecular formula is C20H20Cl2F3N5O2. The molecule has 4 rings (SSSR count). The Kier molecular flexibility index (Phi) is 6.55. The lowest BCUT2D eigenvalue weighted by atomic mass is 10.1. The van der Waals surface area contributed by atoms with Crippen LogP contribution in [0.3, 0.4) is 0 Å². The number of nitrogens with zero attached hydrogens (tertiary/aromatic N) is 4. The molecule has 2 aliphatic rings. The molecule has 2 fully saturated rings. The summed E-state index contributed by atoms with van der Waals surface area (Å²) in [6, 6.07) is 9.01. The van der Waals surface area contributed by atoms with E-state index < -0.39 is 6.36 Å². The quantitative estimate of drug-likeness (QED) is 0.647. The number of amides is 2. The van der Waals surface area contributed by atoms with Gasteiger partial charge in [0.05, 0.1) is 0 Å². The van der Waals surface area contributed by atoms with E-state index in [4.69, 9.17) is 23.2 Å². The van der Waals surface area contributed by atoms with Crippen LogP contribution in [0.1, 0.15) is 0 Å². The van der Waals surface area contributed by atoms with Crippen LogP contribution in [-0.4, -0.2) is 72.5 Å². The molecular weight excluding hydrogens is 470 g/mol. The molecule has 2 saturated heterocycles. The molecule has 1 N–H and O–H groups in total. The molecule has 2 aromatic rings. The zero-order valence-corrected chi connectivity index (χ0v) is 18.3. The number of urea groups is 1. The number of aromatic nitrogens is 1. The highest BCUT2D eigenvalue weighted by Crippen LogP contribution is 2.27. The molecule has 12 heteroatoms. The number of carbonyl (C=O) groups excluding carboxylic acids is 1. The Morgan fingerprint density at radius 1 is 1.03 bits per heavy atom. The predicted octanol–water partition coefficient (Wildman–Crippen LogP) is 4.33. The Balaban J connectivity index is 1.22. The Morgan fingerprint density at radius 3 is 2.19 bits per heavy atom. The van der Waals surface area contributed by atoms with Crippen molar-refractivity contribution in [2.24, 2.45) is 0 Å². The van der Waals surface area contributed by atoms with Crippen LogP contribution in [0.15, 0.2) is 36.4 Å². The van der Waals surface area contributed by atoms with Gasteiger partial charge in [0.2, 0.25) is 0 Å². The number of alkyl halides is 3. The minimum atomic E-state index is -4.70. The van der Waals surface area contributed by atoms with E-state index in [1.807, 2.05) is 0 Å². The van der Waals surface area contributed by atoms with Gasteiger partial charge in [0, 0.05) is 56.7 Å². The summed E-state index contributed by atoms with van der Waals surface area (Å²) in [5.41, 5.74) is 1.34. The van der Waals surface area contributed by atoms with Crippen LogP contribution < -0.4 is 15.0 Å². The summed E-state index contributed by atoms with van der Waals surface area (Å²) in [4.78, 5) is 22.4. The number of carbonyl (C=O) groups is 1. The molecule has 7 nitrogen and oxygen atoms in total. The van der Waals surface area contributed by atoms with Crippen molar-refractivity contribution >= 4 is 40.6 Å². The van der Waals surface area contributed by atoms with Crippen molar-refractivity contribution in [3.8, 4) is 5.75 Å². The number of ether oxygens (including phenoxy) is 1. The van der Waals surface area contributed by atoms with Gasteiger partial charge in [-0.2, -0.15) is 0 Å². The van der Waals surface area contributed by atoms with Gasteiger partial charge in [-0.15, -0.1) is 13.2 Å². The van der Waals surface area contributed by atoms with E-state index in [0.29, 0.717) is 18.8 Å². The molecule has 2 amide bonds. The van der Waals surface area contributed by atoms with E-state index in [2.05, 4.69) is 24.8 Å². The van der Waals surface area contributed by atoms with Gasteiger partial charge in [0.1, 0.15) is 16.1 Å². The van der Waals surface area contributed by atoms with Crippen molar-refractivity contribution < 1.29 is 22.7 Å². The summed E-state index contributed by atoms with van der Waals surface area (Å²) in [6.07, 6.45) is -4.70. The second-order valence-corrected chi connectivity index (χ2v) is 8.33. The number of likely N-dealkylation sites (tertiary alicyclic amines) is 1. The fourth-order valence-electron chi connectivity index (χ4n) is 3.80. The van der Waals surface area contributed by atoms with Crippen molar-refractivity contribution in [3.05, 3.63) is 46.7 Å². The summed E-state index contributed by atoms with van der Waals surface area (Å²) in [7, 11) is 0. The van der Waals surface area contributed by atoms with E-state index in [0.717, 1.165) is 31.9 Å². The Bertz CT molecular complexity index is 942. The first-order chi connectivity index (χ1) is 15.2. The number of anilines is 2. The fourth-order valence-corrected chi connectivity index (χ4v) is 4.26. The number of benzene rings is 1. The number of rotatable bonds is 4. The first-order valence-corrected chi connectivity index (χ1v) is 10.7. The summed E-state index contributed by atoms with van der Waals surface area (Å²) in [5.74, 6) is -0.232. The maximum Gasteiger partial charge on any atom is 0.573 e. The Labute approximate surface area is 192 Å². The molecule has 1 aromatic carbocycles. The van der Waals surface area contributed by atoms with E-state index in [1.54, 1.807) is 17.0 Å². The van der Waals surface area contributed by atoms with E-state index in [9.17, 15) is 18.0 Å². The molecule has 1 aromatic heterocycles. The molecule has 0 aliphatic carbocycles. The minimum absolute atomic E-state index is 0.203. The van der Waals surface area contributed by atoms with Crippen LogP contribution in [0.25, 0.3) is 0 Å². The number of hydrogen-bond acceptors (Lipinski definition) is 5. The van der Waals surface area contributed by atoms with Crippen molar-refractivity contribution in [1.29, 1.82) is 0 Å². The molecule has 2 aliphatic heterocycles. The highest BCUT2D eigenvalue weighted by molar-refractivity contribution is 6.32. The lowest BCUT2D eigenvalue weighted by Crippen LogP contribution is -2.64. The number of hydrogen-bond donors (Lipinski definition) is 1. The van der Waals surface area contributed by atoms with Crippen LogP contribution in [0.4, 0.5) is 29.3 Å². The highest BCUT2D eigenvalue weighted by atomic mass is 35.5. The summed E-state index contributed by atoms with van der Waals surface area (Å²) in [5, 5.41) is 3.17. The first kappa shape index (κ1) is 22.8. The van der Waals surface area contributed by atoms with Gasteiger partial charge in [0.25, 0.3) is 0 Å². The monoisotopic (exact) mass is 489 g/mol. The van der Waals surface area contributed by atoms with Gasteiger partial charge in [-0.1, -0.05) is 23.2 Å². The molecule has 0 atom stereocenters. The third-order valence-electron chi connectivity index (χ3n) is 5.43. The molecule has 0 spiro atoms. The third kappa shape index (κ3) is 5.67. The van der Waals surface area contributed by atoms with Crippen LogP contribution in [0.5, 0.6) is 5.75 Å². The molecule has 0 bridgehead atoms. The molecule has 32 heavy (non-hydrogen) atoms. The predicted molar refractivity (Wildman–Crippen MR) is 116 cm³/mol. The number of pyridine rings is 1. The lowest BCUT2D eigenvalue weighted by molar-refractivity contribution is -0.274. The maximum atomic E-state index is 12.4. The average molecular weight is 490 g/mol. The highest BCUT2D eigenvalue weighted by Gasteiger charge is 2.36. The fraction of sp³-hybridized carbons (Fsp3) is 0.400. The molecule has 0 radical (unpaired) electrons. The molecule has 0 unspecified atom stereocenters. The van der Waals surface area contributed by atoms with Crippen molar-refractivity contribution in [1.82, 2.24) is 14.8 Å². The third-order valence-corrected chi connectivity index (χ3v) is 5.82. The summed E-state index contributed by atoms with van der Waals surface area (Å²) < 4.78 is 40.8. The van der Waals surface area contributed by atoms with Crippen LogP contribution in [0.2, 0.25) is 10.3 Å². The van der Waals surface area contributed by atoms with E-state index in [1.165, 1.54) is 24.3 Å². The van der Waals surface area contributed by atoms with Crippen LogP contribution >= 0.6 is 23.2 Å². The molecule has 0 saturated carbocycles. The van der Waals surface area contributed by atoms with Crippen molar-refractivity contribution in [3.63, 3.8) is 0 Å². The van der Waals surface area contributed by atoms with Gasteiger partial charge >= 0.3 is 12.4 Å². The van der Waals surface area contributed by atoms with E-state index >= 15 is 0 Å². The normalized spacial score (nSPS) is 17.8. The lowest BCUT2D eigenvalue weighted by Gasteiger charge is -2.48. The average Bonchev–Trinajstić information content (AvgIpc) is 2.66. The Hall–Kier alpha value is -2.43. The minimum Gasteiger partial charge on any atom is -0.406 e.